The lowest BCUT2D eigenvalue weighted by Gasteiger charge is -2.23. The average Bonchev–Trinajstić information content (AvgIpc) is 2.52. The fourth-order valence-electron chi connectivity index (χ4n) is 2.05. The quantitative estimate of drug-likeness (QED) is 0.639. The first-order valence-electron chi connectivity index (χ1n) is 6.50. The fourth-order valence-corrected chi connectivity index (χ4v) is 3.66. The number of aliphatic hydroxyl groups is 1. The zero-order chi connectivity index (χ0) is 17.0. The topological polar surface area (TPSA) is 101 Å². The van der Waals surface area contributed by atoms with Crippen LogP contribution in [-0.4, -0.2) is 31.6 Å². The number of halogens is 1. The standard InChI is InChI=1S/C14H13FN2O5S/c15-11-4-3-5-12(10-11)16(8-9-18)23(21,22)14-7-2-1-6-13(14)17(19)20/h1-7,10,18H,8-9H2. The Labute approximate surface area is 131 Å². The van der Waals surface area contributed by atoms with Gasteiger partial charge in [0, 0.05) is 6.07 Å². The minimum absolute atomic E-state index is 0.0304. The van der Waals surface area contributed by atoms with E-state index in [1.54, 1.807) is 0 Å². The Bertz CT molecular complexity index is 825. The third kappa shape index (κ3) is 3.46. The van der Waals surface area contributed by atoms with Crippen molar-refractivity contribution in [3.63, 3.8) is 0 Å². The molecule has 0 amide bonds. The molecule has 23 heavy (non-hydrogen) atoms. The van der Waals surface area contributed by atoms with E-state index in [2.05, 4.69) is 0 Å². The molecule has 0 heterocycles. The minimum atomic E-state index is -4.34. The van der Waals surface area contributed by atoms with Crippen LogP contribution in [0.3, 0.4) is 0 Å². The summed E-state index contributed by atoms with van der Waals surface area (Å²) >= 11 is 0. The highest BCUT2D eigenvalue weighted by Gasteiger charge is 2.31. The summed E-state index contributed by atoms with van der Waals surface area (Å²) in [6.07, 6.45) is 0. The second kappa shape index (κ2) is 6.71. The molecule has 0 spiro atoms. The summed E-state index contributed by atoms with van der Waals surface area (Å²) in [6.45, 7) is -0.895. The monoisotopic (exact) mass is 340 g/mol. The van der Waals surface area contributed by atoms with E-state index in [0.29, 0.717) is 0 Å². The molecular formula is C14H13FN2O5S. The van der Waals surface area contributed by atoms with Crippen molar-refractivity contribution in [2.24, 2.45) is 0 Å². The molecule has 0 radical (unpaired) electrons. The zero-order valence-corrected chi connectivity index (χ0v) is 12.6. The highest BCUT2D eigenvalue weighted by molar-refractivity contribution is 7.93. The van der Waals surface area contributed by atoms with Crippen LogP contribution in [0.15, 0.2) is 53.4 Å². The van der Waals surface area contributed by atoms with Gasteiger partial charge in [-0.25, -0.2) is 12.8 Å². The molecule has 0 fully saturated rings. The van der Waals surface area contributed by atoms with Crippen LogP contribution >= 0.6 is 0 Å². The molecular weight excluding hydrogens is 327 g/mol. The summed E-state index contributed by atoms with van der Waals surface area (Å²) in [6, 6.07) is 9.61. The van der Waals surface area contributed by atoms with Crippen molar-refractivity contribution in [1.82, 2.24) is 0 Å². The number of nitrogens with zero attached hydrogens (tertiary/aromatic N) is 2. The Hall–Kier alpha value is -2.52. The Morgan fingerprint density at radius 3 is 2.48 bits per heavy atom. The predicted molar refractivity (Wildman–Crippen MR) is 81.1 cm³/mol. The number of nitro benzene ring substituents is 1. The number of hydrogen-bond acceptors (Lipinski definition) is 5. The van der Waals surface area contributed by atoms with Crippen molar-refractivity contribution in [2.45, 2.75) is 4.90 Å². The molecule has 0 atom stereocenters. The summed E-state index contributed by atoms with van der Waals surface area (Å²) in [5.41, 5.74) is -0.621. The largest absolute Gasteiger partial charge is 0.394 e. The minimum Gasteiger partial charge on any atom is -0.394 e. The van der Waals surface area contributed by atoms with Crippen LogP contribution in [0.2, 0.25) is 0 Å². The van der Waals surface area contributed by atoms with Gasteiger partial charge in [0.15, 0.2) is 4.90 Å². The van der Waals surface area contributed by atoms with Crippen molar-refractivity contribution in [1.29, 1.82) is 0 Å². The molecule has 0 aromatic heterocycles. The van der Waals surface area contributed by atoms with E-state index < -0.39 is 38.0 Å². The van der Waals surface area contributed by atoms with Crippen LogP contribution in [0.5, 0.6) is 0 Å². The van der Waals surface area contributed by atoms with Crippen LogP contribution in [-0.2, 0) is 10.0 Å². The van der Waals surface area contributed by atoms with Crippen molar-refractivity contribution < 1.29 is 22.8 Å². The predicted octanol–water partition coefficient (Wildman–Crippen LogP) is 1.92. The maximum atomic E-state index is 13.4. The van der Waals surface area contributed by atoms with Gasteiger partial charge in [-0.3, -0.25) is 14.4 Å². The molecule has 1 N–H and O–H groups in total. The summed E-state index contributed by atoms with van der Waals surface area (Å²) in [4.78, 5) is 9.72. The molecule has 0 aliphatic rings. The van der Waals surface area contributed by atoms with Crippen LogP contribution in [0.4, 0.5) is 15.8 Å². The molecule has 0 unspecified atom stereocenters. The van der Waals surface area contributed by atoms with E-state index in [0.717, 1.165) is 28.6 Å². The van der Waals surface area contributed by atoms with E-state index in [-0.39, 0.29) is 12.2 Å². The molecule has 2 aromatic carbocycles. The van der Waals surface area contributed by atoms with Crippen molar-refractivity contribution in [3.8, 4) is 0 Å². The van der Waals surface area contributed by atoms with Gasteiger partial charge in [0.05, 0.1) is 23.8 Å². The maximum absolute atomic E-state index is 13.4. The fraction of sp³-hybridized carbons (Fsp3) is 0.143. The molecule has 9 heteroatoms. The van der Waals surface area contributed by atoms with Crippen molar-refractivity contribution >= 4 is 21.4 Å². The second-order valence-corrected chi connectivity index (χ2v) is 6.34. The Morgan fingerprint density at radius 1 is 1.17 bits per heavy atom. The number of rotatable bonds is 6. The van der Waals surface area contributed by atoms with Crippen LogP contribution < -0.4 is 4.31 Å². The average molecular weight is 340 g/mol. The van der Waals surface area contributed by atoms with Crippen LogP contribution in [0.25, 0.3) is 0 Å². The third-order valence-corrected chi connectivity index (χ3v) is 4.90. The molecule has 0 saturated carbocycles. The number of aliphatic hydroxyl groups excluding tert-OH is 1. The summed E-state index contributed by atoms with van der Waals surface area (Å²) in [5, 5.41) is 20.2. The van der Waals surface area contributed by atoms with E-state index in [1.165, 1.54) is 24.3 Å². The van der Waals surface area contributed by atoms with Crippen LogP contribution in [0, 0.1) is 15.9 Å². The van der Waals surface area contributed by atoms with Crippen molar-refractivity contribution in [3.05, 3.63) is 64.5 Å². The maximum Gasteiger partial charge on any atom is 0.289 e. The number of nitro groups is 1. The number of sulfonamides is 1. The summed E-state index contributed by atoms with van der Waals surface area (Å²) < 4.78 is 39.6. The SMILES string of the molecule is O=[N+]([O-])c1ccccc1S(=O)(=O)N(CCO)c1cccc(F)c1. The summed E-state index contributed by atoms with van der Waals surface area (Å²) in [5.74, 6) is -0.664. The molecule has 0 bridgehead atoms. The van der Waals surface area contributed by atoms with E-state index in [4.69, 9.17) is 5.11 Å². The first kappa shape index (κ1) is 16.8. The molecule has 7 nitrogen and oxygen atoms in total. The van der Waals surface area contributed by atoms with Gasteiger partial charge in [-0.2, -0.15) is 0 Å². The molecule has 2 aromatic rings. The number of para-hydroxylation sites is 1. The molecule has 0 aliphatic carbocycles. The van der Waals surface area contributed by atoms with E-state index in [9.17, 15) is 22.9 Å². The normalized spacial score (nSPS) is 11.2. The van der Waals surface area contributed by atoms with Gasteiger partial charge in [0.2, 0.25) is 0 Å². The van der Waals surface area contributed by atoms with Crippen LogP contribution in [0.1, 0.15) is 0 Å². The van der Waals surface area contributed by atoms with E-state index in [1.807, 2.05) is 0 Å². The lowest BCUT2D eigenvalue weighted by Crippen LogP contribution is -2.34. The number of hydrogen-bond donors (Lipinski definition) is 1. The Morgan fingerprint density at radius 2 is 1.87 bits per heavy atom. The highest BCUT2D eigenvalue weighted by atomic mass is 32.2. The number of anilines is 1. The first-order chi connectivity index (χ1) is 10.9. The Kier molecular flexibility index (Phi) is 4.92. The molecule has 122 valence electrons. The lowest BCUT2D eigenvalue weighted by molar-refractivity contribution is -0.387. The van der Waals surface area contributed by atoms with Gasteiger partial charge >= 0.3 is 0 Å². The first-order valence-corrected chi connectivity index (χ1v) is 7.94. The van der Waals surface area contributed by atoms with E-state index >= 15 is 0 Å². The van der Waals surface area contributed by atoms with Gasteiger partial charge in [0.25, 0.3) is 15.7 Å². The lowest BCUT2D eigenvalue weighted by atomic mass is 10.3. The van der Waals surface area contributed by atoms with Gasteiger partial charge in [-0.15, -0.1) is 0 Å². The third-order valence-electron chi connectivity index (χ3n) is 3.03. The van der Waals surface area contributed by atoms with Gasteiger partial charge in [-0.05, 0) is 24.3 Å². The highest BCUT2D eigenvalue weighted by Crippen LogP contribution is 2.29. The smallest absolute Gasteiger partial charge is 0.289 e. The van der Waals surface area contributed by atoms with Gasteiger partial charge in [0.1, 0.15) is 5.82 Å². The van der Waals surface area contributed by atoms with Crippen molar-refractivity contribution in [2.75, 3.05) is 17.5 Å². The number of benzene rings is 2. The molecule has 0 saturated heterocycles. The zero-order valence-electron chi connectivity index (χ0n) is 11.8. The van der Waals surface area contributed by atoms with Gasteiger partial charge < -0.3 is 5.11 Å². The Balaban J connectivity index is 2.61. The molecule has 2 rings (SSSR count). The van der Waals surface area contributed by atoms with Gasteiger partial charge in [-0.1, -0.05) is 18.2 Å². The second-order valence-electron chi connectivity index (χ2n) is 4.51. The summed E-state index contributed by atoms with van der Waals surface area (Å²) in [7, 11) is -4.34. The molecule has 0 aliphatic heterocycles.